The molecule has 1 aliphatic carbocycles. The molecule has 1 aliphatic heterocycles. The van der Waals surface area contributed by atoms with Crippen molar-refractivity contribution in [1.29, 1.82) is 0 Å². The minimum absolute atomic E-state index is 0.109. The molecule has 2 heterocycles. The first-order chi connectivity index (χ1) is 14.1. The van der Waals surface area contributed by atoms with E-state index in [1.165, 1.54) is 44.6 Å². The van der Waals surface area contributed by atoms with Gasteiger partial charge in [-0.2, -0.15) is 4.98 Å². The van der Waals surface area contributed by atoms with Crippen molar-refractivity contribution in [2.24, 2.45) is 10.9 Å². The summed E-state index contributed by atoms with van der Waals surface area (Å²) in [6, 6.07) is 4.16. The predicted molar refractivity (Wildman–Crippen MR) is 109 cm³/mol. The lowest BCUT2D eigenvalue weighted by molar-refractivity contribution is 0.349. The van der Waals surface area contributed by atoms with E-state index in [1.807, 2.05) is 6.92 Å². The Morgan fingerprint density at radius 3 is 2.72 bits per heavy atom. The summed E-state index contributed by atoms with van der Waals surface area (Å²) in [6.45, 7) is 2.47. The monoisotopic (exact) mass is 399 g/mol. The van der Waals surface area contributed by atoms with E-state index in [0.717, 1.165) is 25.0 Å². The first-order valence-corrected chi connectivity index (χ1v) is 10.3. The number of halogens is 1. The van der Waals surface area contributed by atoms with Gasteiger partial charge in [-0.15, -0.1) is 0 Å². The fraction of sp³-hybridized carbons (Fsp3) is 0.500. The zero-order chi connectivity index (χ0) is 20.4. The Bertz CT molecular complexity index is 994. The largest absolute Gasteiger partial charge is 0.493 e. The number of hydrogen-bond donors (Lipinski definition) is 0. The molecule has 0 saturated heterocycles. The fourth-order valence-electron chi connectivity index (χ4n) is 4.16. The zero-order valence-electron chi connectivity index (χ0n) is 16.9. The summed E-state index contributed by atoms with van der Waals surface area (Å²) >= 11 is 0. The van der Waals surface area contributed by atoms with Gasteiger partial charge in [-0.3, -0.25) is 9.36 Å². The molecular weight excluding hydrogens is 373 g/mol. The third kappa shape index (κ3) is 3.91. The van der Waals surface area contributed by atoms with Gasteiger partial charge in [0.25, 0.3) is 5.56 Å². The molecule has 0 spiro atoms. The molecule has 6 nitrogen and oxygen atoms in total. The van der Waals surface area contributed by atoms with Gasteiger partial charge >= 0.3 is 6.01 Å². The van der Waals surface area contributed by atoms with Crippen molar-refractivity contribution in [3.05, 3.63) is 39.9 Å². The predicted octanol–water partition coefficient (Wildman–Crippen LogP) is 4.80. The number of benzene rings is 1. The Balaban J connectivity index is 1.71. The Morgan fingerprint density at radius 1 is 1.21 bits per heavy atom. The third-order valence-corrected chi connectivity index (χ3v) is 5.66. The van der Waals surface area contributed by atoms with E-state index in [-0.39, 0.29) is 17.3 Å². The Labute approximate surface area is 169 Å². The average Bonchev–Trinajstić information content (AvgIpc) is 3.17. The maximum Gasteiger partial charge on any atom is 0.306 e. The summed E-state index contributed by atoms with van der Waals surface area (Å²) < 4.78 is 26.2. The van der Waals surface area contributed by atoms with Gasteiger partial charge < -0.3 is 9.47 Å². The maximum absolute atomic E-state index is 13.5. The number of aliphatic imine (C=N–C) groups is 1. The van der Waals surface area contributed by atoms with E-state index >= 15 is 0 Å². The number of aromatic nitrogens is 2. The molecule has 1 fully saturated rings. The van der Waals surface area contributed by atoms with E-state index in [9.17, 15) is 9.18 Å². The van der Waals surface area contributed by atoms with Crippen LogP contribution in [-0.4, -0.2) is 22.4 Å². The lowest BCUT2D eigenvalue weighted by Crippen LogP contribution is -2.27. The molecule has 0 radical (unpaired) electrons. The highest BCUT2D eigenvalue weighted by atomic mass is 19.1. The van der Waals surface area contributed by atoms with Crippen molar-refractivity contribution < 1.29 is 13.9 Å². The minimum atomic E-state index is -0.427. The molecule has 0 amide bonds. The van der Waals surface area contributed by atoms with E-state index in [4.69, 9.17) is 14.5 Å². The number of rotatable bonds is 6. The number of fused-ring (bicyclic) bond motifs is 1. The number of methoxy groups -OCH3 is 1. The highest BCUT2D eigenvalue weighted by molar-refractivity contribution is 5.94. The summed E-state index contributed by atoms with van der Waals surface area (Å²) in [5.41, 5.74) is 1.61. The Morgan fingerprint density at radius 2 is 2.00 bits per heavy atom. The molecule has 4 rings (SSSR count). The molecule has 29 heavy (non-hydrogen) atoms. The van der Waals surface area contributed by atoms with Gasteiger partial charge in [0, 0.05) is 24.7 Å². The standard InChI is InChI=1S/C22H26FN3O3/c1-3-11-26-21(27)16-13-17(14-7-5-4-6-8-14)24-20(16)25-22(26)29-18-10-9-15(23)12-19(18)28-2/h9-10,12,14H,3-8,11,13H2,1-2H3. The van der Waals surface area contributed by atoms with E-state index in [2.05, 4.69) is 4.98 Å². The lowest BCUT2D eigenvalue weighted by atomic mass is 9.84. The van der Waals surface area contributed by atoms with Gasteiger partial charge in [0.1, 0.15) is 5.82 Å². The Kier molecular flexibility index (Phi) is 5.65. The highest BCUT2D eigenvalue weighted by Gasteiger charge is 2.29. The van der Waals surface area contributed by atoms with Gasteiger partial charge in [0.2, 0.25) is 0 Å². The summed E-state index contributed by atoms with van der Waals surface area (Å²) in [7, 11) is 1.44. The molecule has 7 heteroatoms. The normalized spacial score (nSPS) is 16.4. The average molecular weight is 399 g/mol. The van der Waals surface area contributed by atoms with Crippen LogP contribution in [0.15, 0.2) is 28.0 Å². The molecule has 0 atom stereocenters. The maximum atomic E-state index is 13.5. The first kappa shape index (κ1) is 19.6. The summed E-state index contributed by atoms with van der Waals surface area (Å²) in [5.74, 6) is 1.02. The van der Waals surface area contributed by atoms with Crippen molar-refractivity contribution in [3.63, 3.8) is 0 Å². The molecular formula is C22H26FN3O3. The molecule has 2 aromatic rings. The number of hydrogen-bond acceptors (Lipinski definition) is 5. The van der Waals surface area contributed by atoms with E-state index in [0.29, 0.717) is 36.0 Å². The second kappa shape index (κ2) is 8.35. The second-order valence-electron chi connectivity index (χ2n) is 7.67. The van der Waals surface area contributed by atoms with Gasteiger partial charge in [-0.1, -0.05) is 26.2 Å². The topological polar surface area (TPSA) is 65.7 Å². The van der Waals surface area contributed by atoms with Crippen molar-refractivity contribution in [2.45, 2.75) is 58.4 Å². The summed E-state index contributed by atoms with van der Waals surface area (Å²) in [4.78, 5) is 22.5. The van der Waals surface area contributed by atoms with Crippen molar-refractivity contribution >= 4 is 11.5 Å². The highest BCUT2D eigenvalue weighted by Crippen LogP contribution is 2.35. The van der Waals surface area contributed by atoms with Gasteiger partial charge in [0.05, 0.1) is 12.7 Å². The second-order valence-corrected chi connectivity index (χ2v) is 7.67. The van der Waals surface area contributed by atoms with Crippen LogP contribution in [0.3, 0.4) is 0 Å². The van der Waals surface area contributed by atoms with Crippen LogP contribution in [0.5, 0.6) is 17.5 Å². The molecule has 154 valence electrons. The molecule has 0 bridgehead atoms. The van der Waals surface area contributed by atoms with Crippen LogP contribution in [0.1, 0.15) is 51.0 Å². The van der Waals surface area contributed by atoms with E-state index < -0.39 is 5.82 Å². The molecule has 1 aromatic carbocycles. The van der Waals surface area contributed by atoms with Crippen LogP contribution in [0, 0.1) is 11.7 Å². The minimum Gasteiger partial charge on any atom is -0.493 e. The van der Waals surface area contributed by atoms with Crippen molar-refractivity contribution in [1.82, 2.24) is 9.55 Å². The molecule has 1 saturated carbocycles. The number of ether oxygens (including phenoxy) is 2. The zero-order valence-corrected chi connectivity index (χ0v) is 16.9. The van der Waals surface area contributed by atoms with Crippen LogP contribution >= 0.6 is 0 Å². The van der Waals surface area contributed by atoms with Crippen LogP contribution in [0.25, 0.3) is 0 Å². The van der Waals surface area contributed by atoms with Gasteiger partial charge in [-0.05, 0) is 37.3 Å². The third-order valence-electron chi connectivity index (χ3n) is 5.66. The van der Waals surface area contributed by atoms with Crippen LogP contribution in [0.4, 0.5) is 10.2 Å². The quantitative estimate of drug-likeness (QED) is 0.700. The van der Waals surface area contributed by atoms with Crippen molar-refractivity contribution in [3.8, 4) is 17.5 Å². The smallest absolute Gasteiger partial charge is 0.306 e. The number of nitrogens with zero attached hydrogens (tertiary/aromatic N) is 3. The Hall–Kier alpha value is -2.70. The molecule has 0 unspecified atom stereocenters. The van der Waals surface area contributed by atoms with Crippen LogP contribution in [0.2, 0.25) is 0 Å². The SMILES string of the molecule is CCCn1c(Oc2ccc(F)cc2OC)nc2c(c1=O)CC(C1CCCCC1)=N2. The first-order valence-electron chi connectivity index (χ1n) is 10.3. The fourth-order valence-corrected chi connectivity index (χ4v) is 4.16. The van der Waals surface area contributed by atoms with Crippen LogP contribution < -0.4 is 15.0 Å². The van der Waals surface area contributed by atoms with Gasteiger partial charge in [0.15, 0.2) is 17.3 Å². The summed E-state index contributed by atoms with van der Waals surface area (Å²) in [5, 5.41) is 0. The molecule has 1 aromatic heterocycles. The van der Waals surface area contributed by atoms with E-state index in [1.54, 1.807) is 4.57 Å². The lowest BCUT2D eigenvalue weighted by Gasteiger charge is -2.21. The molecule has 2 aliphatic rings. The van der Waals surface area contributed by atoms with Gasteiger partial charge in [-0.25, -0.2) is 9.38 Å². The van der Waals surface area contributed by atoms with Crippen LogP contribution in [-0.2, 0) is 13.0 Å². The summed E-state index contributed by atoms with van der Waals surface area (Å²) in [6.07, 6.45) is 7.30. The molecule has 0 N–H and O–H groups in total. The van der Waals surface area contributed by atoms with Crippen molar-refractivity contribution in [2.75, 3.05) is 7.11 Å².